The number of rotatable bonds is 6. The number of anilines is 2. The number of methoxy groups -OCH3 is 1. The summed E-state index contributed by atoms with van der Waals surface area (Å²) in [5.74, 6) is 0.851. The van der Waals surface area contributed by atoms with Crippen molar-refractivity contribution in [1.29, 1.82) is 0 Å². The van der Waals surface area contributed by atoms with Crippen molar-refractivity contribution in [2.45, 2.75) is 18.5 Å². The average molecular weight is 470 g/mol. The lowest BCUT2D eigenvalue weighted by atomic mass is 9.93. The van der Waals surface area contributed by atoms with E-state index in [0.29, 0.717) is 11.5 Å². The zero-order valence-corrected chi connectivity index (χ0v) is 19.1. The second-order valence-electron chi connectivity index (χ2n) is 8.21. The third kappa shape index (κ3) is 5.06. The Morgan fingerprint density at radius 1 is 1.06 bits per heavy atom. The predicted octanol–water partition coefficient (Wildman–Crippen LogP) is 5.22. The van der Waals surface area contributed by atoms with Crippen LogP contribution >= 0.6 is 0 Å². The highest BCUT2D eigenvalue weighted by molar-refractivity contribution is 6.00. The largest absolute Gasteiger partial charge is 0.497 e. The molecule has 35 heavy (non-hydrogen) atoms. The second kappa shape index (κ2) is 9.80. The molecule has 7 nitrogen and oxygen atoms in total. The summed E-state index contributed by atoms with van der Waals surface area (Å²) in [6, 6.07) is 23.9. The number of nitrogens with zero attached hydrogens (tertiary/aromatic N) is 3. The minimum atomic E-state index is -0.377. The van der Waals surface area contributed by atoms with Gasteiger partial charge in [-0.05, 0) is 53.5 Å². The van der Waals surface area contributed by atoms with E-state index in [0.717, 1.165) is 23.3 Å². The van der Waals surface area contributed by atoms with Crippen LogP contribution in [0.4, 0.5) is 16.3 Å². The van der Waals surface area contributed by atoms with Gasteiger partial charge in [0.1, 0.15) is 11.6 Å². The maximum Gasteiger partial charge on any atom is 0.250 e. The minimum Gasteiger partial charge on any atom is -0.497 e. The average Bonchev–Trinajstić information content (AvgIpc) is 3.30. The van der Waals surface area contributed by atoms with Crippen LogP contribution in [0, 0.1) is 5.82 Å². The van der Waals surface area contributed by atoms with Crippen molar-refractivity contribution >= 4 is 23.9 Å². The third-order valence-corrected chi connectivity index (χ3v) is 5.92. The van der Waals surface area contributed by atoms with Gasteiger partial charge < -0.3 is 10.1 Å². The molecule has 0 aliphatic carbocycles. The Balaban J connectivity index is 1.40. The fourth-order valence-corrected chi connectivity index (χ4v) is 4.14. The molecule has 5 rings (SSSR count). The first-order valence-electron chi connectivity index (χ1n) is 11.3. The van der Waals surface area contributed by atoms with E-state index in [2.05, 4.69) is 32.8 Å². The molecule has 1 aliphatic rings. The van der Waals surface area contributed by atoms with Gasteiger partial charge in [-0.1, -0.05) is 54.6 Å². The smallest absolute Gasteiger partial charge is 0.250 e. The molecule has 2 heterocycles. The predicted molar refractivity (Wildman–Crippen MR) is 133 cm³/mol. The van der Waals surface area contributed by atoms with Gasteiger partial charge in [-0.3, -0.25) is 10.1 Å². The lowest BCUT2D eigenvalue weighted by molar-refractivity contribution is -0.111. The fourth-order valence-electron chi connectivity index (χ4n) is 4.14. The van der Waals surface area contributed by atoms with Gasteiger partial charge in [0.15, 0.2) is 0 Å². The van der Waals surface area contributed by atoms with Gasteiger partial charge in [0.25, 0.3) is 11.9 Å². The molecule has 3 aromatic carbocycles. The van der Waals surface area contributed by atoms with Crippen LogP contribution in [0.15, 0.2) is 84.9 Å². The summed E-state index contributed by atoms with van der Waals surface area (Å²) >= 11 is 0. The molecule has 1 aliphatic heterocycles. The molecule has 0 unspecified atom stereocenters. The van der Waals surface area contributed by atoms with Crippen molar-refractivity contribution in [1.82, 2.24) is 14.8 Å². The van der Waals surface area contributed by atoms with Gasteiger partial charge >= 0.3 is 0 Å². The SMILES string of the molecule is COc1ccc([C@@H]2C[C@H](c3ccccc3)Nc3nc(NC(=O)/C=C/c4ccc(F)cc4)nn32)cc1. The summed E-state index contributed by atoms with van der Waals surface area (Å²) in [6.45, 7) is 0. The van der Waals surface area contributed by atoms with E-state index in [-0.39, 0.29) is 29.8 Å². The number of hydrogen-bond donors (Lipinski definition) is 2. The maximum atomic E-state index is 13.1. The van der Waals surface area contributed by atoms with Gasteiger partial charge in [0, 0.05) is 6.08 Å². The lowest BCUT2D eigenvalue weighted by Gasteiger charge is -2.31. The molecule has 2 N–H and O–H groups in total. The molecule has 1 amide bonds. The van der Waals surface area contributed by atoms with Crippen molar-refractivity contribution in [3.05, 3.63) is 107 Å². The highest BCUT2D eigenvalue weighted by Crippen LogP contribution is 2.38. The van der Waals surface area contributed by atoms with Crippen LogP contribution in [-0.2, 0) is 4.79 Å². The number of fused-ring (bicyclic) bond motifs is 1. The van der Waals surface area contributed by atoms with Crippen LogP contribution in [0.2, 0.25) is 0 Å². The molecule has 0 saturated heterocycles. The van der Waals surface area contributed by atoms with Crippen molar-refractivity contribution in [2.75, 3.05) is 17.7 Å². The Morgan fingerprint density at radius 2 is 1.80 bits per heavy atom. The standard InChI is InChI=1S/C27H24FN5O2/c1-35-22-14-10-20(11-15-22)24-17-23(19-5-3-2-4-6-19)29-27-31-26(32-33(24)27)30-25(34)16-9-18-7-12-21(28)13-8-18/h2-16,23-24H,17H2,1H3,(H2,29,30,31,32,34)/b16-9+/t23-,24+/m1/s1. The van der Waals surface area contributed by atoms with Gasteiger partial charge in [-0.15, -0.1) is 5.10 Å². The molecular weight excluding hydrogens is 445 g/mol. The molecule has 0 spiro atoms. The number of nitrogens with one attached hydrogen (secondary N) is 2. The fraction of sp³-hybridized carbons (Fsp3) is 0.148. The molecule has 2 atom stereocenters. The van der Waals surface area contributed by atoms with E-state index in [9.17, 15) is 9.18 Å². The quantitative estimate of drug-likeness (QED) is 0.378. The molecule has 176 valence electrons. The number of halogens is 1. The first-order valence-corrected chi connectivity index (χ1v) is 11.3. The van der Waals surface area contributed by atoms with E-state index in [1.54, 1.807) is 30.0 Å². The van der Waals surface area contributed by atoms with Crippen LogP contribution in [-0.4, -0.2) is 27.8 Å². The Labute approximate surface area is 202 Å². The Hall–Kier alpha value is -4.46. The van der Waals surface area contributed by atoms with Gasteiger partial charge in [0.2, 0.25) is 5.95 Å². The van der Waals surface area contributed by atoms with Crippen LogP contribution in [0.5, 0.6) is 5.75 Å². The monoisotopic (exact) mass is 469 g/mol. The Kier molecular flexibility index (Phi) is 6.26. The highest BCUT2D eigenvalue weighted by Gasteiger charge is 2.31. The summed E-state index contributed by atoms with van der Waals surface area (Å²) in [5, 5.41) is 10.8. The molecule has 8 heteroatoms. The molecule has 4 aromatic rings. The van der Waals surface area contributed by atoms with Crippen molar-refractivity contribution < 1.29 is 13.9 Å². The first-order chi connectivity index (χ1) is 17.1. The number of amides is 1. The minimum absolute atomic E-state index is 0.0296. The molecule has 0 fully saturated rings. The normalized spacial score (nSPS) is 17.0. The zero-order valence-electron chi connectivity index (χ0n) is 19.1. The first kappa shape index (κ1) is 22.3. The number of benzene rings is 3. The van der Waals surface area contributed by atoms with Crippen LogP contribution in [0.25, 0.3) is 6.08 Å². The van der Waals surface area contributed by atoms with E-state index >= 15 is 0 Å². The Bertz CT molecular complexity index is 1330. The van der Waals surface area contributed by atoms with Crippen molar-refractivity contribution in [2.24, 2.45) is 0 Å². The van der Waals surface area contributed by atoms with Crippen LogP contribution in [0.3, 0.4) is 0 Å². The van der Waals surface area contributed by atoms with E-state index in [1.165, 1.54) is 18.2 Å². The molecule has 0 saturated carbocycles. The van der Waals surface area contributed by atoms with Gasteiger partial charge in [-0.25, -0.2) is 9.07 Å². The lowest BCUT2D eigenvalue weighted by Crippen LogP contribution is -2.28. The van der Waals surface area contributed by atoms with E-state index in [4.69, 9.17) is 4.74 Å². The number of carbonyl (C=O) groups excluding carboxylic acids is 1. The van der Waals surface area contributed by atoms with E-state index in [1.807, 2.05) is 42.5 Å². The maximum absolute atomic E-state index is 13.1. The summed E-state index contributed by atoms with van der Waals surface area (Å²) in [5.41, 5.74) is 2.92. The summed E-state index contributed by atoms with van der Waals surface area (Å²) in [6.07, 6.45) is 3.73. The summed E-state index contributed by atoms with van der Waals surface area (Å²) in [4.78, 5) is 17.0. The molecule has 0 bridgehead atoms. The van der Waals surface area contributed by atoms with Crippen LogP contribution < -0.4 is 15.4 Å². The number of ether oxygens (including phenoxy) is 1. The summed E-state index contributed by atoms with van der Waals surface area (Å²) < 4.78 is 20.2. The number of carbonyl (C=O) groups is 1. The molecular formula is C27H24FN5O2. The molecule has 1 aromatic heterocycles. The summed E-state index contributed by atoms with van der Waals surface area (Å²) in [7, 11) is 1.64. The molecule has 0 radical (unpaired) electrons. The highest BCUT2D eigenvalue weighted by atomic mass is 19.1. The zero-order chi connectivity index (χ0) is 24.2. The Morgan fingerprint density at radius 3 is 2.51 bits per heavy atom. The second-order valence-corrected chi connectivity index (χ2v) is 8.21. The topological polar surface area (TPSA) is 81.1 Å². The third-order valence-electron chi connectivity index (χ3n) is 5.92. The van der Waals surface area contributed by atoms with Gasteiger partial charge in [0.05, 0.1) is 19.2 Å². The van der Waals surface area contributed by atoms with Crippen molar-refractivity contribution in [3.63, 3.8) is 0 Å². The number of aromatic nitrogens is 3. The van der Waals surface area contributed by atoms with Crippen molar-refractivity contribution in [3.8, 4) is 5.75 Å². The van der Waals surface area contributed by atoms with Gasteiger partial charge in [-0.2, -0.15) is 4.98 Å². The van der Waals surface area contributed by atoms with Crippen LogP contribution in [0.1, 0.15) is 35.2 Å². The van der Waals surface area contributed by atoms with E-state index < -0.39 is 0 Å². The number of hydrogen-bond acceptors (Lipinski definition) is 5.